The van der Waals surface area contributed by atoms with E-state index in [1.807, 2.05) is 0 Å². The maximum atomic E-state index is 5.68. The molecule has 0 spiro atoms. The zero-order valence-corrected chi connectivity index (χ0v) is 8.21. The van der Waals surface area contributed by atoms with Crippen molar-refractivity contribution in [2.45, 2.75) is 0 Å². The van der Waals surface area contributed by atoms with Gasteiger partial charge in [0, 0.05) is 23.6 Å². The summed E-state index contributed by atoms with van der Waals surface area (Å²) in [7, 11) is 0. The molecule has 1 nitrogen and oxygen atoms in total. The number of benzene rings is 1. The molecule has 0 unspecified atom stereocenters. The molecule has 1 aromatic carbocycles. The molecule has 0 aliphatic carbocycles. The van der Waals surface area contributed by atoms with E-state index in [4.69, 9.17) is 46.8 Å². The van der Waals surface area contributed by atoms with Gasteiger partial charge in [0.1, 0.15) is 0 Å². The first-order chi connectivity index (χ1) is 5.11. The summed E-state index contributed by atoms with van der Waals surface area (Å²) in [6, 6.07) is 4.86. The smallest absolute Gasteiger partial charge is 0.0725 e. The fraction of sp³-hybridized carbons (Fsp3) is 0. The van der Waals surface area contributed by atoms with Crippen LogP contribution in [0.3, 0.4) is 0 Å². The molecule has 0 fully saturated rings. The Morgan fingerprint density at radius 2 is 1.64 bits per heavy atom. The van der Waals surface area contributed by atoms with Crippen molar-refractivity contribution in [1.29, 1.82) is 0 Å². The summed E-state index contributed by atoms with van der Waals surface area (Å²) >= 11 is 22.2. The number of hydrogen-bond acceptors (Lipinski definition) is 1. The van der Waals surface area contributed by atoms with Gasteiger partial charge >= 0.3 is 0 Å². The number of halogens is 4. The van der Waals surface area contributed by atoms with E-state index in [1.165, 1.54) is 0 Å². The van der Waals surface area contributed by atoms with E-state index in [9.17, 15) is 0 Å². The topological polar surface area (TPSA) is 3.24 Å². The molecule has 0 bridgehead atoms. The van der Waals surface area contributed by atoms with Crippen molar-refractivity contribution in [3.8, 4) is 0 Å². The van der Waals surface area contributed by atoms with Crippen molar-refractivity contribution >= 4 is 52.4 Å². The van der Waals surface area contributed by atoms with Gasteiger partial charge in [-0.2, -0.15) is 3.94 Å². The van der Waals surface area contributed by atoms with Crippen molar-refractivity contribution in [1.82, 2.24) is 0 Å². The Morgan fingerprint density at radius 3 is 2.09 bits per heavy atom. The van der Waals surface area contributed by atoms with Gasteiger partial charge in [0.2, 0.25) is 0 Å². The van der Waals surface area contributed by atoms with Gasteiger partial charge in [-0.25, -0.2) is 0 Å². The minimum Gasteiger partial charge on any atom is -0.194 e. The summed E-state index contributed by atoms with van der Waals surface area (Å²) in [4.78, 5) is 0. The highest BCUT2D eigenvalue weighted by Crippen LogP contribution is 2.28. The third-order valence-electron chi connectivity index (χ3n) is 1.10. The van der Waals surface area contributed by atoms with Gasteiger partial charge in [-0.15, -0.1) is 0 Å². The van der Waals surface area contributed by atoms with E-state index in [0.717, 1.165) is 3.94 Å². The van der Waals surface area contributed by atoms with Gasteiger partial charge in [0.05, 0.1) is 15.7 Å². The van der Waals surface area contributed by atoms with Crippen LogP contribution in [-0.4, -0.2) is 0 Å². The SMILES string of the molecule is Clc1ccc(N(Cl)Cl)cc1Cl. The van der Waals surface area contributed by atoms with Gasteiger partial charge in [0.15, 0.2) is 0 Å². The van der Waals surface area contributed by atoms with Crippen molar-refractivity contribution < 1.29 is 0 Å². The van der Waals surface area contributed by atoms with Crippen LogP contribution in [0.5, 0.6) is 0 Å². The molecule has 0 saturated heterocycles. The first kappa shape index (κ1) is 9.27. The number of nitrogens with zero attached hydrogens (tertiary/aromatic N) is 1. The second-order valence-corrected chi connectivity index (χ2v) is 3.49. The third-order valence-corrected chi connectivity index (χ3v) is 2.23. The highest BCUT2D eigenvalue weighted by molar-refractivity contribution is 6.49. The van der Waals surface area contributed by atoms with Crippen molar-refractivity contribution in [3.63, 3.8) is 0 Å². The molecule has 0 N–H and O–H groups in total. The molecule has 1 aromatic rings. The Bertz CT molecular complexity index is 261. The molecule has 5 heteroatoms. The molecule has 0 saturated carbocycles. The van der Waals surface area contributed by atoms with Crippen LogP contribution >= 0.6 is 46.8 Å². The Labute approximate surface area is 84.6 Å². The van der Waals surface area contributed by atoms with E-state index in [2.05, 4.69) is 0 Å². The molecular weight excluding hydrogens is 228 g/mol. The summed E-state index contributed by atoms with van der Waals surface area (Å²) in [5, 5.41) is 0.904. The fourth-order valence-electron chi connectivity index (χ4n) is 0.590. The number of rotatable bonds is 1. The van der Waals surface area contributed by atoms with Gasteiger partial charge < -0.3 is 0 Å². The van der Waals surface area contributed by atoms with Crippen LogP contribution in [0, 0.1) is 0 Å². The average Bonchev–Trinajstić information content (AvgIpc) is 1.94. The van der Waals surface area contributed by atoms with Gasteiger partial charge in [-0.1, -0.05) is 23.2 Å². The van der Waals surface area contributed by atoms with Crippen LogP contribution in [-0.2, 0) is 0 Å². The van der Waals surface area contributed by atoms with Crippen LogP contribution in [0.15, 0.2) is 18.2 Å². The van der Waals surface area contributed by atoms with Crippen LogP contribution in [0.2, 0.25) is 10.0 Å². The van der Waals surface area contributed by atoms with Crippen LogP contribution in [0.4, 0.5) is 5.69 Å². The van der Waals surface area contributed by atoms with Crippen molar-refractivity contribution in [3.05, 3.63) is 28.2 Å². The largest absolute Gasteiger partial charge is 0.194 e. The Morgan fingerprint density at radius 1 is 1.00 bits per heavy atom. The molecule has 60 valence electrons. The second kappa shape index (κ2) is 3.72. The molecule has 0 atom stereocenters. The lowest BCUT2D eigenvalue weighted by Gasteiger charge is -2.05. The van der Waals surface area contributed by atoms with E-state index in [-0.39, 0.29) is 0 Å². The Hall–Kier alpha value is 0.180. The van der Waals surface area contributed by atoms with Gasteiger partial charge in [-0.3, -0.25) is 0 Å². The van der Waals surface area contributed by atoms with Crippen LogP contribution < -0.4 is 3.94 Å². The molecule has 0 aromatic heterocycles. The summed E-state index contributed by atoms with van der Waals surface area (Å²) in [6.45, 7) is 0. The lowest BCUT2D eigenvalue weighted by Crippen LogP contribution is -1.90. The molecular formula is C6H3Cl4N. The highest BCUT2D eigenvalue weighted by Gasteiger charge is 2.02. The van der Waals surface area contributed by atoms with Crippen LogP contribution in [0.1, 0.15) is 0 Å². The third kappa shape index (κ3) is 2.31. The fourth-order valence-corrected chi connectivity index (χ4v) is 1.09. The highest BCUT2D eigenvalue weighted by atomic mass is 35.5. The second-order valence-electron chi connectivity index (χ2n) is 1.83. The lowest BCUT2D eigenvalue weighted by atomic mass is 10.3. The molecule has 0 radical (unpaired) electrons. The molecule has 0 heterocycles. The minimum atomic E-state index is 0.426. The molecule has 1 rings (SSSR count). The van der Waals surface area contributed by atoms with Gasteiger partial charge in [0.25, 0.3) is 0 Å². The summed E-state index contributed by atoms with van der Waals surface area (Å²) < 4.78 is 0.919. The number of anilines is 1. The predicted molar refractivity (Wildman–Crippen MR) is 50.6 cm³/mol. The number of hydrogen-bond donors (Lipinski definition) is 0. The minimum absolute atomic E-state index is 0.426. The Kier molecular flexibility index (Phi) is 3.14. The summed E-state index contributed by atoms with van der Waals surface area (Å²) in [6.07, 6.45) is 0. The first-order valence-corrected chi connectivity index (χ1v) is 4.11. The molecule has 11 heavy (non-hydrogen) atoms. The van der Waals surface area contributed by atoms with Crippen molar-refractivity contribution in [2.24, 2.45) is 0 Å². The Balaban J connectivity index is 3.05. The van der Waals surface area contributed by atoms with E-state index >= 15 is 0 Å². The quantitative estimate of drug-likeness (QED) is 0.657. The molecule has 0 aliphatic rings. The van der Waals surface area contributed by atoms with Crippen LogP contribution in [0.25, 0.3) is 0 Å². The normalized spacial score (nSPS) is 9.82. The standard InChI is InChI=1S/C6H3Cl4N/c7-5-2-1-4(11(9)10)3-6(5)8/h1-3H. The molecule has 0 aliphatic heterocycles. The first-order valence-electron chi connectivity index (χ1n) is 2.68. The lowest BCUT2D eigenvalue weighted by molar-refractivity contribution is 1.58. The zero-order valence-electron chi connectivity index (χ0n) is 5.19. The molecule has 0 amide bonds. The summed E-state index contributed by atoms with van der Waals surface area (Å²) in [5.41, 5.74) is 0.586. The predicted octanol–water partition coefficient (Wildman–Crippen LogP) is 4.11. The monoisotopic (exact) mass is 229 g/mol. The zero-order chi connectivity index (χ0) is 8.43. The maximum absolute atomic E-state index is 5.68. The van der Waals surface area contributed by atoms with Gasteiger partial charge in [-0.05, 0) is 18.2 Å². The maximum Gasteiger partial charge on any atom is 0.0725 e. The van der Waals surface area contributed by atoms with E-state index in [1.54, 1.807) is 18.2 Å². The van der Waals surface area contributed by atoms with E-state index < -0.39 is 0 Å². The average molecular weight is 231 g/mol. The van der Waals surface area contributed by atoms with Crippen molar-refractivity contribution in [2.75, 3.05) is 3.94 Å². The van der Waals surface area contributed by atoms with E-state index in [0.29, 0.717) is 15.7 Å². The summed E-state index contributed by atoms with van der Waals surface area (Å²) in [5.74, 6) is 0.